The topological polar surface area (TPSA) is 50.7 Å². The summed E-state index contributed by atoms with van der Waals surface area (Å²) in [6.07, 6.45) is 4.23. The molecule has 1 aliphatic carbocycles. The van der Waals surface area contributed by atoms with E-state index in [0.29, 0.717) is 19.2 Å². The van der Waals surface area contributed by atoms with E-state index in [1.54, 1.807) is 0 Å². The van der Waals surface area contributed by atoms with Crippen molar-refractivity contribution in [3.05, 3.63) is 0 Å². The zero-order valence-corrected chi connectivity index (χ0v) is 11.7. The lowest BCUT2D eigenvalue weighted by Gasteiger charge is -2.36. The normalized spacial score (nSPS) is 29.2. The lowest BCUT2D eigenvalue weighted by Crippen LogP contribution is -2.46. The number of aliphatic hydroxyl groups is 1. The van der Waals surface area contributed by atoms with E-state index in [4.69, 9.17) is 9.47 Å². The first-order valence-electron chi connectivity index (χ1n) is 7.18. The second kappa shape index (κ2) is 6.33. The van der Waals surface area contributed by atoms with E-state index in [-0.39, 0.29) is 5.60 Å². The Hall–Kier alpha value is -0.160. The molecule has 0 aromatic carbocycles. The first-order chi connectivity index (χ1) is 8.55. The fourth-order valence-corrected chi connectivity index (χ4v) is 2.42. The highest BCUT2D eigenvalue weighted by molar-refractivity contribution is 4.83. The van der Waals surface area contributed by atoms with Crippen LogP contribution in [-0.4, -0.2) is 49.2 Å². The van der Waals surface area contributed by atoms with Crippen molar-refractivity contribution in [2.75, 3.05) is 26.4 Å². The Morgan fingerprint density at radius 1 is 1.39 bits per heavy atom. The highest BCUT2D eigenvalue weighted by Gasteiger charge is 2.28. The maximum atomic E-state index is 9.82. The molecule has 1 aliphatic heterocycles. The van der Waals surface area contributed by atoms with Crippen molar-refractivity contribution in [1.29, 1.82) is 0 Å². The third kappa shape index (κ3) is 5.22. The maximum Gasteiger partial charge on any atom is 0.0897 e. The summed E-state index contributed by atoms with van der Waals surface area (Å²) >= 11 is 0. The maximum absolute atomic E-state index is 9.82. The molecule has 2 aliphatic rings. The molecule has 0 aromatic rings. The molecular weight excluding hydrogens is 230 g/mol. The van der Waals surface area contributed by atoms with Gasteiger partial charge in [-0.05, 0) is 45.4 Å². The summed E-state index contributed by atoms with van der Waals surface area (Å²) in [5.41, 5.74) is -0.0384. The van der Waals surface area contributed by atoms with Gasteiger partial charge in [-0.25, -0.2) is 0 Å². The average Bonchev–Trinajstić information content (AvgIpc) is 3.09. The van der Waals surface area contributed by atoms with E-state index in [0.717, 1.165) is 32.0 Å². The molecule has 0 radical (unpaired) electrons. The van der Waals surface area contributed by atoms with Crippen molar-refractivity contribution in [2.24, 2.45) is 5.92 Å². The summed E-state index contributed by atoms with van der Waals surface area (Å²) in [4.78, 5) is 0. The summed E-state index contributed by atoms with van der Waals surface area (Å²) in [6.45, 7) is 6.94. The van der Waals surface area contributed by atoms with Crippen molar-refractivity contribution in [2.45, 2.75) is 57.3 Å². The lowest BCUT2D eigenvalue weighted by molar-refractivity contribution is -0.0647. The van der Waals surface area contributed by atoms with E-state index in [1.165, 1.54) is 12.8 Å². The van der Waals surface area contributed by atoms with Gasteiger partial charge in [-0.15, -0.1) is 0 Å². The predicted molar refractivity (Wildman–Crippen MR) is 70.6 cm³/mol. The Balaban J connectivity index is 1.55. The SMILES string of the molecule is CC1(C)CC(NCC(O)COCC2CC2)CCO1. The molecule has 0 aromatic heterocycles. The van der Waals surface area contributed by atoms with Crippen molar-refractivity contribution < 1.29 is 14.6 Å². The van der Waals surface area contributed by atoms with Crippen molar-refractivity contribution in [3.63, 3.8) is 0 Å². The molecule has 2 atom stereocenters. The van der Waals surface area contributed by atoms with Crippen LogP contribution in [0.25, 0.3) is 0 Å². The molecule has 1 heterocycles. The Kier molecular flexibility index (Phi) is 5.01. The summed E-state index contributed by atoms with van der Waals surface area (Å²) in [5.74, 6) is 0.765. The zero-order valence-electron chi connectivity index (χ0n) is 11.7. The molecule has 0 spiro atoms. The van der Waals surface area contributed by atoms with Gasteiger partial charge in [0.15, 0.2) is 0 Å². The van der Waals surface area contributed by atoms with Crippen LogP contribution in [0.3, 0.4) is 0 Å². The Morgan fingerprint density at radius 3 is 2.83 bits per heavy atom. The van der Waals surface area contributed by atoms with Gasteiger partial charge in [0.2, 0.25) is 0 Å². The van der Waals surface area contributed by atoms with E-state index in [9.17, 15) is 5.11 Å². The van der Waals surface area contributed by atoms with Crippen molar-refractivity contribution in [3.8, 4) is 0 Å². The quantitative estimate of drug-likeness (QED) is 0.722. The largest absolute Gasteiger partial charge is 0.389 e. The molecule has 2 fully saturated rings. The fraction of sp³-hybridized carbons (Fsp3) is 1.00. The Labute approximate surface area is 110 Å². The zero-order chi connectivity index (χ0) is 13.0. The molecule has 2 unspecified atom stereocenters. The van der Waals surface area contributed by atoms with E-state index in [1.807, 2.05) is 0 Å². The Bertz CT molecular complexity index is 253. The third-order valence-corrected chi connectivity index (χ3v) is 3.70. The first-order valence-corrected chi connectivity index (χ1v) is 7.18. The molecule has 4 nitrogen and oxygen atoms in total. The van der Waals surface area contributed by atoms with Crippen LogP contribution in [-0.2, 0) is 9.47 Å². The van der Waals surface area contributed by atoms with Crippen LogP contribution in [0, 0.1) is 5.92 Å². The minimum Gasteiger partial charge on any atom is -0.389 e. The molecule has 1 saturated carbocycles. The highest BCUT2D eigenvalue weighted by Crippen LogP contribution is 2.28. The van der Waals surface area contributed by atoms with Gasteiger partial charge in [0.05, 0.1) is 18.3 Å². The van der Waals surface area contributed by atoms with Crippen LogP contribution in [0.5, 0.6) is 0 Å². The summed E-state index contributed by atoms with van der Waals surface area (Å²) < 4.78 is 11.2. The first kappa shape index (κ1) is 14.3. The summed E-state index contributed by atoms with van der Waals surface area (Å²) in [6, 6.07) is 0.451. The highest BCUT2D eigenvalue weighted by atomic mass is 16.5. The molecule has 4 heteroatoms. The van der Waals surface area contributed by atoms with Gasteiger partial charge in [-0.2, -0.15) is 0 Å². The van der Waals surface area contributed by atoms with Crippen molar-refractivity contribution >= 4 is 0 Å². The number of hydrogen-bond donors (Lipinski definition) is 2. The van der Waals surface area contributed by atoms with Crippen LogP contribution in [0.4, 0.5) is 0 Å². The van der Waals surface area contributed by atoms with Gasteiger partial charge in [0.25, 0.3) is 0 Å². The molecule has 2 N–H and O–H groups in total. The van der Waals surface area contributed by atoms with E-state index in [2.05, 4.69) is 19.2 Å². The fourth-order valence-electron chi connectivity index (χ4n) is 2.42. The van der Waals surface area contributed by atoms with E-state index < -0.39 is 6.10 Å². The van der Waals surface area contributed by atoms with Crippen LogP contribution >= 0.6 is 0 Å². The molecule has 0 bridgehead atoms. The minimum atomic E-state index is -0.394. The average molecular weight is 257 g/mol. The third-order valence-electron chi connectivity index (χ3n) is 3.70. The molecule has 106 valence electrons. The van der Waals surface area contributed by atoms with Gasteiger partial charge in [0, 0.05) is 25.8 Å². The van der Waals surface area contributed by atoms with Gasteiger partial charge in [-0.3, -0.25) is 0 Å². The second-order valence-corrected chi connectivity index (χ2v) is 6.34. The standard InChI is InChI=1S/C14H27NO3/c1-14(2)7-12(5-6-18-14)15-8-13(16)10-17-9-11-3-4-11/h11-13,15-16H,3-10H2,1-2H3. The monoisotopic (exact) mass is 257 g/mol. The number of ether oxygens (including phenoxy) is 2. The van der Waals surface area contributed by atoms with Gasteiger partial charge in [-0.1, -0.05) is 0 Å². The van der Waals surface area contributed by atoms with Crippen molar-refractivity contribution in [1.82, 2.24) is 5.32 Å². The summed E-state index contributed by atoms with van der Waals surface area (Å²) in [7, 11) is 0. The van der Waals surface area contributed by atoms with Gasteiger partial charge < -0.3 is 19.9 Å². The Morgan fingerprint density at radius 2 is 2.17 bits per heavy atom. The molecule has 1 saturated heterocycles. The lowest BCUT2D eigenvalue weighted by atomic mass is 9.94. The second-order valence-electron chi connectivity index (χ2n) is 6.34. The number of hydrogen-bond acceptors (Lipinski definition) is 4. The smallest absolute Gasteiger partial charge is 0.0897 e. The number of nitrogens with one attached hydrogen (secondary N) is 1. The molecule has 2 rings (SSSR count). The van der Waals surface area contributed by atoms with E-state index >= 15 is 0 Å². The predicted octanol–water partition coefficient (Wildman–Crippen LogP) is 1.32. The van der Waals surface area contributed by atoms with Crippen LogP contribution in [0.15, 0.2) is 0 Å². The number of aliphatic hydroxyl groups excluding tert-OH is 1. The molecular formula is C14H27NO3. The van der Waals surface area contributed by atoms with Gasteiger partial charge >= 0.3 is 0 Å². The summed E-state index contributed by atoms with van der Waals surface area (Å²) in [5, 5.41) is 13.2. The number of rotatable bonds is 7. The van der Waals surface area contributed by atoms with Crippen LogP contribution in [0.1, 0.15) is 39.5 Å². The minimum absolute atomic E-state index is 0.0384. The van der Waals surface area contributed by atoms with Gasteiger partial charge in [0.1, 0.15) is 0 Å². The van der Waals surface area contributed by atoms with Crippen LogP contribution < -0.4 is 5.32 Å². The molecule has 18 heavy (non-hydrogen) atoms. The molecule has 0 amide bonds. The van der Waals surface area contributed by atoms with Crippen LogP contribution in [0.2, 0.25) is 0 Å².